The van der Waals surface area contributed by atoms with Gasteiger partial charge in [0.1, 0.15) is 5.08 Å². The highest BCUT2D eigenvalue weighted by Crippen LogP contribution is 2.31. The van der Waals surface area contributed by atoms with Gasteiger partial charge in [-0.15, -0.1) is 0 Å². The van der Waals surface area contributed by atoms with Crippen LogP contribution in [0, 0.1) is 5.08 Å². The molecular weight excluding hydrogens is 162 g/mol. The Morgan fingerprint density at radius 2 is 2.40 bits per heavy atom. The highest BCUT2D eigenvalue weighted by atomic mass is 32.2. The molecule has 0 N–H and O–H groups in total. The van der Waals surface area contributed by atoms with Crippen LogP contribution in [0.4, 0.5) is 0 Å². The molecule has 0 saturated heterocycles. The Labute approximate surface area is 71.2 Å². The molecule has 0 unspecified atom stereocenters. The summed E-state index contributed by atoms with van der Waals surface area (Å²) < 4.78 is 4.19. The molecule has 0 amide bonds. The van der Waals surface area contributed by atoms with Crippen LogP contribution in [-0.4, -0.2) is 5.04 Å². The third-order valence-electron chi connectivity index (χ3n) is 1.34. The van der Waals surface area contributed by atoms with Gasteiger partial charge in [-0.2, -0.15) is 0 Å². The summed E-state index contributed by atoms with van der Waals surface area (Å²) in [5.41, 5.74) is 0. The van der Waals surface area contributed by atoms with Crippen LogP contribution < -0.4 is 0 Å². The van der Waals surface area contributed by atoms with Crippen LogP contribution in [0.3, 0.4) is 0 Å². The zero-order valence-corrected chi connectivity index (χ0v) is 7.73. The van der Waals surface area contributed by atoms with Gasteiger partial charge in [-0.1, -0.05) is 31.5 Å². The van der Waals surface area contributed by atoms with Crippen molar-refractivity contribution in [2.75, 3.05) is 0 Å². The van der Waals surface area contributed by atoms with E-state index in [0.717, 1.165) is 6.42 Å². The summed E-state index contributed by atoms with van der Waals surface area (Å²) in [6.45, 7) is 2.22. The molecule has 0 fully saturated rings. The molecule has 0 aromatic rings. The maximum Gasteiger partial charge on any atom is 0.145 e. The summed E-state index contributed by atoms with van der Waals surface area (Å²) >= 11 is 3.10. The van der Waals surface area contributed by atoms with E-state index < -0.39 is 0 Å². The molecular formula is C7H11NS2. The Morgan fingerprint density at radius 3 is 3.00 bits per heavy atom. The van der Waals surface area contributed by atoms with Crippen LogP contribution in [0.1, 0.15) is 32.6 Å². The zero-order valence-electron chi connectivity index (χ0n) is 6.09. The van der Waals surface area contributed by atoms with Crippen molar-refractivity contribution in [3.63, 3.8) is 0 Å². The Kier molecular flexibility index (Phi) is 4.30. The van der Waals surface area contributed by atoms with Crippen molar-refractivity contribution < 1.29 is 0 Å². The van der Waals surface area contributed by atoms with Gasteiger partial charge >= 0.3 is 0 Å². The molecule has 0 aromatic heterocycles. The molecule has 56 valence electrons. The quantitative estimate of drug-likeness (QED) is 0.477. The summed E-state index contributed by atoms with van der Waals surface area (Å²) in [6.07, 6.45) is 5.05. The third-order valence-corrected chi connectivity index (χ3v) is 2.93. The van der Waals surface area contributed by atoms with Crippen molar-refractivity contribution in [2.24, 2.45) is 4.40 Å². The van der Waals surface area contributed by atoms with E-state index in [1.807, 2.05) is 0 Å². The minimum Gasteiger partial charge on any atom is -0.213 e. The zero-order chi connectivity index (χ0) is 7.23. The number of rotatable bonds is 4. The highest BCUT2D eigenvalue weighted by Gasteiger charge is 2.07. The van der Waals surface area contributed by atoms with Crippen LogP contribution in [0.5, 0.6) is 0 Å². The van der Waals surface area contributed by atoms with E-state index in [1.165, 1.54) is 36.3 Å². The number of nitrogens with zero attached hydrogens (tertiary/aromatic N) is 1. The van der Waals surface area contributed by atoms with E-state index in [2.05, 4.69) is 16.4 Å². The Hall–Kier alpha value is 0.370. The van der Waals surface area contributed by atoms with Gasteiger partial charge in [0.2, 0.25) is 0 Å². The first-order chi connectivity index (χ1) is 4.93. The normalized spacial score (nSPS) is 17.5. The smallest absolute Gasteiger partial charge is 0.145 e. The molecule has 1 aliphatic heterocycles. The number of thioether (sulfide) groups is 1. The van der Waals surface area contributed by atoms with Gasteiger partial charge in [0.25, 0.3) is 0 Å². The van der Waals surface area contributed by atoms with Crippen molar-refractivity contribution in [3.05, 3.63) is 5.08 Å². The molecule has 0 atom stereocenters. The molecule has 1 heterocycles. The average Bonchev–Trinajstić information content (AvgIpc) is 2.41. The van der Waals surface area contributed by atoms with Crippen LogP contribution in [0.15, 0.2) is 4.40 Å². The Bertz CT molecular complexity index is 123. The van der Waals surface area contributed by atoms with Gasteiger partial charge in [0.05, 0.1) is 5.04 Å². The monoisotopic (exact) mass is 173 g/mol. The lowest BCUT2D eigenvalue weighted by molar-refractivity contribution is 0.745. The van der Waals surface area contributed by atoms with Crippen molar-refractivity contribution in [3.8, 4) is 0 Å². The van der Waals surface area contributed by atoms with E-state index in [1.54, 1.807) is 11.8 Å². The topological polar surface area (TPSA) is 12.4 Å². The Balaban J connectivity index is 2.01. The predicted octanol–water partition coefficient (Wildman–Crippen LogP) is 3.36. The lowest BCUT2D eigenvalue weighted by Crippen LogP contribution is -1.86. The van der Waals surface area contributed by atoms with E-state index in [9.17, 15) is 0 Å². The minimum absolute atomic E-state index is 1.15. The molecule has 1 rings (SSSR count). The van der Waals surface area contributed by atoms with Gasteiger partial charge in [-0.3, -0.25) is 0 Å². The van der Waals surface area contributed by atoms with E-state index in [0.29, 0.717) is 0 Å². The predicted molar refractivity (Wildman–Crippen MR) is 50.0 cm³/mol. The highest BCUT2D eigenvalue weighted by molar-refractivity contribution is 8.29. The number of hydrogen-bond acceptors (Lipinski definition) is 3. The molecule has 0 bridgehead atoms. The van der Waals surface area contributed by atoms with E-state index in [-0.39, 0.29) is 0 Å². The van der Waals surface area contributed by atoms with E-state index >= 15 is 0 Å². The van der Waals surface area contributed by atoms with Crippen molar-refractivity contribution >= 4 is 28.8 Å². The molecule has 0 aliphatic carbocycles. The molecule has 10 heavy (non-hydrogen) atoms. The first kappa shape index (κ1) is 8.47. The fraction of sp³-hybridized carbons (Fsp3) is 0.714. The van der Waals surface area contributed by atoms with Crippen molar-refractivity contribution in [1.29, 1.82) is 0 Å². The molecule has 1 nitrogen and oxygen atoms in total. The summed E-state index contributed by atoms with van der Waals surface area (Å²) in [6, 6.07) is 0. The molecule has 1 aliphatic rings. The largest absolute Gasteiger partial charge is 0.213 e. The maximum atomic E-state index is 4.19. The lowest BCUT2D eigenvalue weighted by Gasteiger charge is -1.95. The first-order valence-electron chi connectivity index (χ1n) is 3.58. The molecule has 0 saturated carbocycles. The minimum atomic E-state index is 1.15. The summed E-state index contributed by atoms with van der Waals surface area (Å²) in [5, 5.41) is 4.28. The standard InChI is InChI=1S/C7H11NS2/c1-2-3-4-5-7-8-10-6-9-7/h2-5H2,1H3. The molecule has 0 spiro atoms. The molecule has 2 radical (unpaired) electrons. The summed E-state index contributed by atoms with van der Waals surface area (Å²) in [4.78, 5) is 0. The van der Waals surface area contributed by atoms with Gasteiger partial charge in [-0.25, -0.2) is 4.40 Å². The first-order valence-corrected chi connectivity index (χ1v) is 5.17. The van der Waals surface area contributed by atoms with E-state index in [4.69, 9.17) is 0 Å². The van der Waals surface area contributed by atoms with Crippen LogP contribution in [-0.2, 0) is 0 Å². The van der Waals surface area contributed by atoms with Gasteiger partial charge < -0.3 is 0 Å². The van der Waals surface area contributed by atoms with Crippen LogP contribution in [0.25, 0.3) is 0 Å². The van der Waals surface area contributed by atoms with Crippen LogP contribution in [0.2, 0.25) is 0 Å². The maximum absolute atomic E-state index is 4.19. The Morgan fingerprint density at radius 1 is 1.50 bits per heavy atom. The average molecular weight is 173 g/mol. The van der Waals surface area contributed by atoms with Gasteiger partial charge in [0, 0.05) is 0 Å². The summed E-state index contributed by atoms with van der Waals surface area (Å²) in [7, 11) is 0. The molecule has 3 heteroatoms. The SMILES string of the molecule is CCCCCC1=NS[C]S1. The fourth-order valence-electron chi connectivity index (χ4n) is 0.778. The third kappa shape index (κ3) is 2.97. The fourth-order valence-corrected chi connectivity index (χ4v) is 2.16. The van der Waals surface area contributed by atoms with Gasteiger partial charge in [-0.05, 0) is 24.8 Å². The molecule has 0 aromatic carbocycles. The van der Waals surface area contributed by atoms with Crippen molar-refractivity contribution in [1.82, 2.24) is 0 Å². The second-order valence-corrected chi connectivity index (χ2v) is 3.93. The van der Waals surface area contributed by atoms with Gasteiger partial charge in [0.15, 0.2) is 0 Å². The lowest BCUT2D eigenvalue weighted by atomic mass is 10.2. The second-order valence-electron chi connectivity index (χ2n) is 2.22. The second kappa shape index (κ2) is 5.08. The van der Waals surface area contributed by atoms with Crippen molar-refractivity contribution in [2.45, 2.75) is 32.6 Å². The number of hydrogen-bond donors (Lipinski definition) is 0. The van der Waals surface area contributed by atoms with Crippen LogP contribution >= 0.6 is 23.7 Å². The summed E-state index contributed by atoms with van der Waals surface area (Å²) in [5.74, 6) is 0. The number of unbranched alkanes of at least 4 members (excludes halogenated alkanes) is 2.